The predicted molar refractivity (Wildman–Crippen MR) is 112 cm³/mol. The minimum atomic E-state index is 0. The van der Waals surface area contributed by atoms with Crippen molar-refractivity contribution >= 4 is 24.2 Å². The smallest absolute Gasteiger partial charge is 0.260 e. The number of carbonyl (C=O) groups is 2. The van der Waals surface area contributed by atoms with E-state index in [1.165, 1.54) is 6.42 Å². The Morgan fingerprint density at radius 2 is 1.57 bits per heavy atom. The molecule has 28 heavy (non-hydrogen) atoms. The molecule has 0 aromatic heterocycles. The van der Waals surface area contributed by atoms with Crippen molar-refractivity contribution in [2.75, 3.05) is 32.8 Å². The van der Waals surface area contributed by atoms with Crippen LogP contribution < -0.4 is 10.5 Å². The Kier molecular flexibility index (Phi) is 8.13. The number of hydrogen-bond donors (Lipinski definition) is 1. The molecule has 0 saturated carbocycles. The molecule has 1 aromatic rings. The highest BCUT2D eigenvalue weighted by molar-refractivity contribution is 5.95. The fourth-order valence-corrected chi connectivity index (χ4v) is 3.96. The standard InChI is InChI=1S/C21H31N3O3.ClH/c1-15-12-17(21(26)24-10-6-18(22)7-11-24)13-16(2)20(15)27-14-19(25)23-8-4-3-5-9-23;/h12-13,18H,3-11,14,22H2,1-2H3;1H. The minimum Gasteiger partial charge on any atom is -0.483 e. The summed E-state index contributed by atoms with van der Waals surface area (Å²) >= 11 is 0. The first-order valence-corrected chi connectivity index (χ1v) is 10.0. The van der Waals surface area contributed by atoms with Crippen LogP contribution in [0.1, 0.15) is 53.6 Å². The van der Waals surface area contributed by atoms with Crippen molar-refractivity contribution in [2.24, 2.45) is 5.73 Å². The van der Waals surface area contributed by atoms with Gasteiger partial charge in [0.1, 0.15) is 5.75 Å². The quantitative estimate of drug-likeness (QED) is 0.829. The second-order valence-corrected chi connectivity index (χ2v) is 7.80. The maximum absolute atomic E-state index is 12.8. The zero-order valence-electron chi connectivity index (χ0n) is 16.9. The van der Waals surface area contributed by atoms with Crippen molar-refractivity contribution in [1.29, 1.82) is 0 Å². The molecule has 2 aliphatic heterocycles. The molecule has 0 aliphatic carbocycles. The van der Waals surface area contributed by atoms with Gasteiger partial charge in [-0.25, -0.2) is 0 Å². The van der Waals surface area contributed by atoms with Crippen LogP contribution in [0.4, 0.5) is 0 Å². The van der Waals surface area contributed by atoms with Gasteiger partial charge >= 0.3 is 0 Å². The maximum atomic E-state index is 12.8. The second-order valence-electron chi connectivity index (χ2n) is 7.80. The number of aryl methyl sites for hydroxylation is 2. The number of likely N-dealkylation sites (tertiary alicyclic amines) is 2. The highest BCUT2D eigenvalue weighted by Crippen LogP contribution is 2.26. The van der Waals surface area contributed by atoms with Gasteiger partial charge in [0.25, 0.3) is 11.8 Å². The van der Waals surface area contributed by atoms with Crippen molar-refractivity contribution in [3.8, 4) is 5.75 Å². The van der Waals surface area contributed by atoms with E-state index in [-0.39, 0.29) is 36.9 Å². The third-order valence-electron chi connectivity index (χ3n) is 5.58. The molecule has 1 aromatic carbocycles. The first-order valence-electron chi connectivity index (χ1n) is 10.0. The van der Waals surface area contributed by atoms with E-state index < -0.39 is 0 Å². The molecule has 0 unspecified atom stereocenters. The van der Waals surface area contributed by atoms with Gasteiger partial charge in [0.15, 0.2) is 6.61 Å². The molecule has 0 spiro atoms. The number of carbonyl (C=O) groups excluding carboxylic acids is 2. The molecular formula is C21H32ClN3O3. The van der Waals surface area contributed by atoms with Crippen molar-refractivity contribution in [1.82, 2.24) is 9.80 Å². The summed E-state index contributed by atoms with van der Waals surface area (Å²) in [7, 11) is 0. The van der Waals surface area contributed by atoms with Crippen LogP contribution in [-0.4, -0.2) is 60.4 Å². The van der Waals surface area contributed by atoms with Crippen LogP contribution in [0.25, 0.3) is 0 Å². The summed E-state index contributed by atoms with van der Waals surface area (Å²) in [5, 5.41) is 0. The molecule has 2 fully saturated rings. The molecule has 6 nitrogen and oxygen atoms in total. The molecular weight excluding hydrogens is 378 g/mol. The first kappa shape index (κ1) is 22.5. The molecule has 7 heteroatoms. The third kappa shape index (κ3) is 5.39. The average molecular weight is 410 g/mol. The molecule has 2 N–H and O–H groups in total. The lowest BCUT2D eigenvalue weighted by Crippen LogP contribution is -2.42. The number of halogens is 1. The highest BCUT2D eigenvalue weighted by Gasteiger charge is 2.23. The number of nitrogens with two attached hydrogens (primary N) is 1. The topological polar surface area (TPSA) is 75.9 Å². The van der Waals surface area contributed by atoms with Gasteiger partial charge in [0, 0.05) is 37.8 Å². The van der Waals surface area contributed by atoms with Crippen molar-refractivity contribution in [2.45, 2.75) is 52.0 Å². The van der Waals surface area contributed by atoms with Crippen LogP contribution in [0.5, 0.6) is 5.75 Å². The van der Waals surface area contributed by atoms with Gasteiger partial charge in [-0.2, -0.15) is 0 Å². The van der Waals surface area contributed by atoms with Crippen LogP contribution in [-0.2, 0) is 4.79 Å². The summed E-state index contributed by atoms with van der Waals surface area (Å²) in [6, 6.07) is 3.93. The fraction of sp³-hybridized carbons (Fsp3) is 0.619. The molecule has 0 bridgehead atoms. The van der Waals surface area contributed by atoms with E-state index >= 15 is 0 Å². The zero-order chi connectivity index (χ0) is 19.4. The number of rotatable bonds is 4. The molecule has 2 aliphatic rings. The van der Waals surface area contributed by atoms with E-state index in [2.05, 4.69) is 0 Å². The number of amides is 2. The van der Waals surface area contributed by atoms with Gasteiger partial charge < -0.3 is 20.3 Å². The fourth-order valence-electron chi connectivity index (χ4n) is 3.96. The molecule has 2 amide bonds. The number of nitrogens with zero attached hydrogens (tertiary/aromatic N) is 2. The number of hydrogen-bond acceptors (Lipinski definition) is 4. The molecule has 3 rings (SSSR count). The van der Waals surface area contributed by atoms with Crippen LogP contribution >= 0.6 is 12.4 Å². The Balaban J connectivity index is 0.00000280. The predicted octanol–water partition coefficient (Wildman–Crippen LogP) is 2.68. The van der Waals surface area contributed by atoms with Crippen molar-refractivity contribution in [3.05, 3.63) is 28.8 Å². The van der Waals surface area contributed by atoms with E-state index in [0.717, 1.165) is 49.9 Å². The normalized spacial score (nSPS) is 17.8. The lowest BCUT2D eigenvalue weighted by atomic mass is 10.0. The molecule has 2 heterocycles. The highest BCUT2D eigenvalue weighted by atomic mass is 35.5. The van der Waals surface area contributed by atoms with Crippen LogP contribution in [0, 0.1) is 13.8 Å². The second kappa shape index (κ2) is 10.1. The van der Waals surface area contributed by atoms with Gasteiger partial charge in [-0.15, -0.1) is 12.4 Å². The Hall–Kier alpha value is -1.79. The monoisotopic (exact) mass is 409 g/mol. The number of piperidine rings is 2. The van der Waals surface area contributed by atoms with Gasteiger partial charge in [0.05, 0.1) is 0 Å². The van der Waals surface area contributed by atoms with E-state index in [0.29, 0.717) is 24.4 Å². The molecule has 0 radical (unpaired) electrons. The average Bonchev–Trinajstić information content (AvgIpc) is 2.67. The molecule has 156 valence electrons. The molecule has 0 atom stereocenters. The van der Waals surface area contributed by atoms with Crippen molar-refractivity contribution < 1.29 is 14.3 Å². The maximum Gasteiger partial charge on any atom is 0.260 e. The largest absolute Gasteiger partial charge is 0.483 e. The Morgan fingerprint density at radius 3 is 2.14 bits per heavy atom. The van der Waals surface area contributed by atoms with Crippen LogP contribution in [0.15, 0.2) is 12.1 Å². The van der Waals surface area contributed by atoms with Gasteiger partial charge in [0.2, 0.25) is 0 Å². The lowest BCUT2D eigenvalue weighted by molar-refractivity contribution is -0.134. The third-order valence-corrected chi connectivity index (χ3v) is 5.58. The summed E-state index contributed by atoms with van der Waals surface area (Å²) in [6.45, 7) is 6.98. The first-order chi connectivity index (χ1) is 13.0. The van der Waals surface area contributed by atoms with E-state index in [9.17, 15) is 9.59 Å². The Labute approximate surface area is 173 Å². The lowest BCUT2D eigenvalue weighted by Gasteiger charge is -2.30. The molecule has 2 saturated heterocycles. The number of benzene rings is 1. The van der Waals surface area contributed by atoms with Gasteiger partial charge in [-0.3, -0.25) is 9.59 Å². The Morgan fingerprint density at radius 1 is 1.00 bits per heavy atom. The minimum absolute atomic E-state index is 0. The van der Waals surface area contributed by atoms with E-state index in [4.69, 9.17) is 10.5 Å². The number of ether oxygens (including phenoxy) is 1. The summed E-state index contributed by atoms with van der Waals surface area (Å²) < 4.78 is 5.84. The van der Waals surface area contributed by atoms with E-state index in [1.807, 2.05) is 35.8 Å². The summed E-state index contributed by atoms with van der Waals surface area (Å²) in [6.07, 6.45) is 5.04. The SMILES string of the molecule is Cc1cc(C(=O)N2CCC(N)CC2)cc(C)c1OCC(=O)N1CCCCC1.Cl. The van der Waals surface area contributed by atoms with Gasteiger partial charge in [-0.1, -0.05) is 0 Å². The van der Waals surface area contributed by atoms with E-state index in [1.54, 1.807) is 0 Å². The summed E-state index contributed by atoms with van der Waals surface area (Å²) in [5.74, 6) is 0.792. The Bertz CT molecular complexity index is 673. The van der Waals surface area contributed by atoms with Gasteiger partial charge in [-0.05, 0) is 69.2 Å². The van der Waals surface area contributed by atoms with Crippen LogP contribution in [0.2, 0.25) is 0 Å². The summed E-state index contributed by atoms with van der Waals surface area (Å²) in [5.41, 5.74) is 8.38. The zero-order valence-corrected chi connectivity index (χ0v) is 17.7. The summed E-state index contributed by atoms with van der Waals surface area (Å²) in [4.78, 5) is 28.9. The van der Waals surface area contributed by atoms with Crippen molar-refractivity contribution in [3.63, 3.8) is 0 Å². The van der Waals surface area contributed by atoms with Crippen LogP contribution in [0.3, 0.4) is 0 Å².